The summed E-state index contributed by atoms with van der Waals surface area (Å²) < 4.78 is 30.0. The molecule has 0 radical (unpaired) electrons. The average Bonchev–Trinajstić information content (AvgIpc) is 2.61. The zero-order valence-corrected chi connectivity index (χ0v) is 14.5. The summed E-state index contributed by atoms with van der Waals surface area (Å²) in [6.07, 6.45) is 0. The number of aryl methyl sites for hydroxylation is 1. The van der Waals surface area contributed by atoms with Crippen molar-refractivity contribution >= 4 is 10.0 Å². The molecule has 21 heavy (non-hydrogen) atoms. The average molecular weight is 314 g/mol. The molecule has 1 aliphatic rings. The smallest absolute Gasteiger partial charge is 0.244 e. The molecule has 0 amide bonds. The molecular weight excluding hydrogens is 288 g/mol. The van der Waals surface area contributed by atoms with Gasteiger partial charge >= 0.3 is 0 Å². The minimum atomic E-state index is -3.57. The Morgan fingerprint density at radius 2 is 1.76 bits per heavy atom. The zero-order chi connectivity index (χ0) is 16.2. The van der Waals surface area contributed by atoms with Crippen LogP contribution in [-0.2, 0) is 16.6 Å². The molecule has 0 atom stereocenters. The molecule has 2 rings (SSSR count). The Labute approximate surface area is 127 Å². The van der Waals surface area contributed by atoms with Gasteiger partial charge in [-0.1, -0.05) is 27.7 Å². The first-order chi connectivity index (χ1) is 9.46. The highest BCUT2D eigenvalue weighted by molar-refractivity contribution is 7.89. The third-order valence-electron chi connectivity index (χ3n) is 5.22. The number of nitrogens with two attached hydrogens (primary N) is 1. The monoisotopic (exact) mass is 314 g/mol. The van der Waals surface area contributed by atoms with Crippen LogP contribution in [0.4, 0.5) is 0 Å². The summed E-state index contributed by atoms with van der Waals surface area (Å²) in [5.41, 5.74) is 6.60. The Hall–Kier alpha value is -0.920. The molecule has 6 nitrogen and oxygen atoms in total. The van der Waals surface area contributed by atoms with Gasteiger partial charge in [-0.15, -0.1) is 0 Å². The van der Waals surface area contributed by atoms with Gasteiger partial charge in [0.1, 0.15) is 4.90 Å². The Bertz CT molecular complexity index is 645. The molecule has 0 bridgehead atoms. The summed E-state index contributed by atoms with van der Waals surface area (Å²) in [7, 11) is -3.57. The first-order valence-corrected chi connectivity index (χ1v) is 8.71. The van der Waals surface area contributed by atoms with E-state index in [4.69, 9.17) is 5.73 Å². The minimum Gasteiger partial charge on any atom is -0.329 e. The van der Waals surface area contributed by atoms with Crippen molar-refractivity contribution in [3.05, 3.63) is 11.4 Å². The molecule has 1 fully saturated rings. The number of nitrogens with zero attached hydrogens (tertiary/aromatic N) is 2. The van der Waals surface area contributed by atoms with E-state index in [9.17, 15) is 8.42 Å². The fourth-order valence-electron chi connectivity index (χ4n) is 3.11. The van der Waals surface area contributed by atoms with E-state index in [1.54, 1.807) is 18.5 Å². The highest BCUT2D eigenvalue weighted by Gasteiger charge is 2.66. The van der Waals surface area contributed by atoms with Crippen molar-refractivity contribution in [1.29, 1.82) is 0 Å². The normalized spacial score (nSPS) is 20.7. The van der Waals surface area contributed by atoms with Crippen molar-refractivity contribution in [3.63, 3.8) is 0 Å². The molecule has 0 saturated heterocycles. The number of nitrogens with one attached hydrogen (secondary N) is 1. The third-order valence-corrected chi connectivity index (χ3v) is 6.89. The van der Waals surface area contributed by atoms with Crippen molar-refractivity contribution in [2.45, 2.75) is 59.0 Å². The van der Waals surface area contributed by atoms with Crippen LogP contribution in [0.3, 0.4) is 0 Å². The van der Waals surface area contributed by atoms with Crippen LogP contribution in [0.2, 0.25) is 0 Å². The third kappa shape index (κ3) is 2.41. The molecule has 0 aliphatic heterocycles. The molecule has 0 spiro atoms. The molecular formula is C14H26N4O2S. The topological polar surface area (TPSA) is 90.0 Å². The van der Waals surface area contributed by atoms with Crippen LogP contribution in [0.15, 0.2) is 4.90 Å². The standard InChI is InChI=1S/C14H26N4O2S/c1-9-11(10(2)18(16-9)8-7-15)21(19,20)17-12-13(3,4)14(12,5)6/h12,17H,7-8,15H2,1-6H3. The maximum Gasteiger partial charge on any atom is 0.244 e. The summed E-state index contributed by atoms with van der Waals surface area (Å²) in [5, 5.41) is 4.28. The van der Waals surface area contributed by atoms with E-state index in [-0.39, 0.29) is 21.8 Å². The largest absolute Gasteiger partial charge is 0.329 e. The molecule has 3 N–H and O–H groups in total. The second-order valence-corrected chi connectivity index (χ2v) is 8.66. The summed E-state index contributed by atoms with van der Waals surface area (Å²) in [5.74, 6) is 0. The van der Waals surface area contributed by atoms with E-state index in [1.165, 1.54) is 0 Å². The number of hydrogen-bond acceptors (Lipinski definition) is 4. The van der Waals surface area contributed by atoms with E-state index in [1.807, 2.05) is 0 Å². The van der Waals surface area contributed by atoms with Gasteiger partial charge in [0.15, 0.2) is 0 Å². The van der Waals surface area contributed by atoms with Gasteiger partial charge in [0.25, 0.3) is 0 Å². The molecule has 1 heterocycles. The van der Waals surface area contributed by atoms with E-state index in [0.717, 1.165) is 0 Å². The summed E-state index contributed by atoms with van der Waals surface area (Å²) in [6, 6.07) is -0.0633. The predicted molar refractivity (Wildman–Crippen MR) is 82.4 cm³/mol. The summed E-state index contributed by atoms with van der Waals surface area (Å²) in [6.45, 7) is 12.8. The van der Waals surface area contributed by atoms with Crippen LogP contribution in [0.1, 0.15) is 39.1 Å². The van der Waals surface area contributed by atoms with Gasteiger partial charge in [0, 0.05) is 12.6 Å². The SMILES string of the molecule is Cc1nn(CCN)c(C)c1S(=O)(=O)NC1C(C)(C)C1(C)C. The second-order valence-electron chi connectivity index (χ2n) is 7.01. The highest BCUT2D eigenvalue weighted by atomic mass is 32.2. The molecule has 0 aromatic carbocycles. The molecule has 120 valence electrons. The van der Waals surface area contributed by atoms with E-state index < -0.39 is 10.0 Å². The first kappa shape index (κ1) is 16.5. The molecule has 0 unspecified atom stereocenters. The lowest BCUT2D eigenvalue weighted by Gasteiger charge is -2.09. The molecule has 1 saturated carbocycles. The van der Waals surface area contributed by atoms with Gasteiger partial charge in [0.05, 0.1) is 17.9 Å². The van der Waals surface area contributed by atoms with Crippen LogP contribution in [0.5, 0.6) is 0 Å². The van der Waals surface area contributed by atoms with Gasteiger partial charge < -0.3 is 5.73 Å². The van der Waals surface area contributed by atoms with Crippen molar-refractivity contribution in [1.82, 2.24) is 14.5 Å². The van der Waals surface area contributed by atoms with E-state index in [2.05, 4.69) is 37.5 Å². The van der Waals surface area contributed by atoms with Crippen molar-refractivity contribution in [2.75, 3.05) is 6.54 Å². The van der Waals surface area contributed by atoms with Crippen LogP contribution in [0.25, 0.3) is 0 Å². The van der Waals surface area contributed by atoms with Gasteiger partial charge in [-0.3, -0.25) is 4.68 Å². The lowest BCUT2D eigenvalue weighted by Crippen LogP contribution is -2.30. The summed E-state index contributed by atoms with van der Waals surface area (Å²) >= 11 is 0. The number of sulfonamides is 1. The lowest BCUT2D eigenvalue weighted by atomic mass is 10.0. The van der Waals surface area contributed by atoms with Crippen LogP contribution in [-0.4, -0.2) is 30.8 Å². The van der Waals surface area contributed by atoms with Crippen LogP contribution in [0, 0.1) is 24.7 Å². The second kappa shape index (κ2) is 4.79. The molecule has 1 aliphatic carbocycles. The van der Waals surface area contributed by atoms with Crippen molar-refractivity contribution in [2.24, 2.45) is 16.6 Å². The molecule has 1 aromatic heterocycles. The Morgan fingerprint density at radius 1 is 1.24 bits per heavy atom. The zero-order valence-electron chi connectivity index (χ0n) is 13.7. The predicted octanol–water partition coefficient (Wildman–Crippen LogP) is 1.17. The minimum absolute atomic E-state index is 0.0465. The highest BCUT2D eigenvalue weighted by Crippen LogP contribution is 2.63. The van der Waals surface area contributed by atoms with Gasteiger partial charge in [-0.25, -0.2) is 13.1 Å². The van der Waals surface area contributed by atoms with Crippen molar-refractivity contribution < 1.29 is 8.42 Å². The Balaban J connectivity index is 2.34. The molecule has 7 heteroatoms. The maximum absolute atomic E-state index is 12.7. The quantitative estimate of drug-likeness (QED) is 0.853. The fourth-order valence-corrected chi connectivity index (χ4v) is 5.06. The van der Waals surface area contributed by atoms with Crippen LogP contribution >= 0.6 is 0 Å². The van der Waals surface area contributed by atoms with Gasteiger partial charge in [-0.2, -0.15) is 5.10 Å². The van der Waals surface area contributed by atoms with E-state index >= 15 is 0 Å². The van der Waals surface area contributed by atoms with Crippen LogP contribution < -0.4 is 10.5 Å². The van der Waals surface area contributed by atoms with Gasteiger partial charge in [0.2, 0.25) is 10.0 Å². The summed E-state index contributed by atoms with van der Waals surface area (Å²) in [4.78, 5) is 0.287. The van der Waals surface area contributed by atoms with Gasteiger partial charge in [-0.05, 0) is 24.7 Å². The number of hydrogen-bond donors (Lipinski definition) is 2. The number of rotatable bonds is 5. The van der Waals surface area contributed by atoms with Crippen molar-refractivity contribution in [3.8, 4) is 0 Å². The Kier molecular flexibility index (Phi) is 3.75. The first-order valence-electron chi connectivity index (χ1n) is 7.23. The lowest BCUT2D eigenvalue weighted by molar-refractivity contribution is 0.457. The number of aromatic nitrogens is 2. The van der Waals surface area contributed by atoms with E-state index in [0.29, 0.717) is 24.5 Å². The fraction of sp³-hybridized carbons (Fsp3) is 0.786. The molecule has 1 aromatic rings. The Morgan fingerprint density at radius 3 is 2.19 bits per heavy atom. The maximum atomic E-state index is 12.7.